The number of nitrogens with zero attached hydrogens (tertiary/aromatic N) is 5. The van der Waals surface area contributed by atoms with E-state index < -0.39 is 11.4 Å². The van der Waals surface area contributed by atoms with Crippen LogP contribution in [-0.4, -0.2) is 55.8 Å². The van der Waals surface area contributed by atoms with Crippen molar-refractivity contribution in [3.05, 3.63) is 47.7 Å². The molecule has 0 bridgehead atoms. The number of imidazole rings is 1. The molecule has 11 nitrogen and oxygen atoms in total. The van der Waals surface area contributed by atoms with Crippen molar-refractivity contribution in [3.63, 3.8) is 0 Å². The van der Waals surface area contributed by atoms with Gasteiger partial charge in [0.25, 0.3) is 5.91 Å². The second kappa shape index (κ2) is 10.3. The number of carbonyl (C=O) groups is 3. The van der Waals surface area contributed by atoms with Gasteiger partial charge in [-0.1, -0.05) is 19.8 Å². The van der Waals surface area contributed by atoms with Gasteiger partial charge in [0.15, 0.2) is 11.1 Å². The number of methoxy groups -OCH3 is 1. The van der Waals surface area contributed by atoms with E-state index in [1.807, 2.05) is 25.3 Å². The van der Waals surface area contributed by atoms with Crippen LogP contribution in [0.25, 0.3) is 5.65 Å². The third-order valence-corrected chi connectivity index (χ3v) is 9.27. The molecule has 2 saturated carbocycles. The number of piperidine rings is 1. The highest BCUT2D eigenvalue weighted by Crippen LogP contribution is 2.55. The quantitative estimate of drug-likeness (QED) is 0.327. The summed E-state index contributed by atoms with van der Waals surface area (Å²) < 4.78 is 8.51. The largest absolute Gasteiger partial charge is 0.468 e. The van der Waals surface area contributed by atoms with Gasteiger partial charge in [-0.3, -0.25) is 19.1 Å². The van der Waals surface area contributed by atoms with Gasteiger partial charge in [-0.25, -0.2) is 9.50 Å². The predicted octanol–water partition coefficient (Wildman–Crippen LogP) is 2.71. The number of esters is 1. The number of fused-ring (bicyclic) bond motifs is 2. The lowest BCUT2D eigenvalue weighted by atomic mass is 9.74. The van der Waals surface area contributed by atoms with Crippen LogP contribution >= 0.6 is 0 Å². The molecule has 11 heteroatoms. The number of hydrogen-bond donors (Lipinski definition) is 2. The molecule has 2 amide bonds. The first kappa shape index (κ1) is 26.5. The molecule has 3 aliphatic rings. The van der Waals surface area contributed by atoms with Gasteiger partial charge >= 0.3 is 5.97 Å². The standard InChI is InChI=1S/C29H37N7O4/c1-4-35-23(11-12-31-35)26(37)33-25(18-7-5-17(2)6-8-18)22-16-36-24(32-22)10-9-20(34-36)14-29(28(39)40-3)21-13-19(21)15-30-27(29)38/h9-12,16-19,21,25H,4-8,13-15H2,1-3H3,(H,30,38)(H,33,37)/t17?,18?,19?,21?,25-,29?/m0/s1. The van der Waals surface area contributed by atoms with Gasteiger partial charge in [0, 0.05) is 25.7 Å². The number of rotatable bonds is 8. The number of aryl methyl sites for hydroxylation is 1. The van der Waals surface area contributed by atoms with E-state index in [1.165, 1.54) is 7.11 Å². The Hall–Kier alpha value is -3.76. The lowest BCUT2D eigenvalue weighted by molar-refractivity contribution is -0.162. The summed E-state index contributed by atoms with van der Waals surface area (Å²) in [6.07, 6.45) is 8.73. The maximum atomic E-state index is 13.4. The van der Waals surface area contributed by atoms with E-state index in [4.69, 9.17) is 14.8 Å². The van der Waals surface area contributed by atoms with E-state index in [0.29, 0.717) is 42.0 Å². The Balaban J connectivity index is 1.31. The molecule has 3 aromatic rings. The minimum Gasteiger partial charge on any atom is -0.468 e. The molecule has 6 rings (SSSR count). The summed E-state index contributed by atoms with van der Waals surface area (Å²) in [6.45, 7) is 5.44. The molecule has 0 aromatic carbocycles. The van der Waals surface area contributed by atoms with Crippen LogP contribution in [0.5, 0.6) is 0 Å². The second-order valence-corrected chi connectivity index (χ2v) is 11.7. The number of aromatic nitrogens is 5. The molecule has 212 valence electrons. The fourth-order valence-corrected chi connectivity index (χ4v) is 6.85. The maximum absolute atomic E-state index is 13.4. The van der Waals surface area contributed by atoms with Gasteiger partial charge in [-0.05, 0) is 68.1 Å². The first-order chi connectivity index (χ1) is 19.3. The molecule has 1 aliphatic heterocycles. The summed E-state index contributed by atoms with van der Waals surface area (Å²) in [5.41, 5.74) is 1.27. The molecule has 40 heavy (non-hydrogen) atoms. The van der Waals surface area contributed by atoms with Crippen LogP contribution in [0.4, 0.5) is 0 Å². The molecular formula is C29H37N7O4. The van der Waals surface area contributed by atoms with Gasteiger partial charge in [-0.2, -0.15) is 10.2 Å². The van der Waals surface area contributed by atoms with Crippen molar-refractivity contribution < 1.29 is 19.1 Å². The Labute approximate surface area is 233 Å². The monoisotopic (exact) mass is 547 g/mol. The van der Waals surface area contributed by atoms with Gasteiger partial charge in [-0.15, -0.1) is 0 Å². The Morgan fingerprint density at radius 2 is 2.02 bits per heavy atom. The average Bonchev–Trinajstić information content (AvgIpc) is 3.40. The van der Waals surface area contributed by atoms with E-state index in [9.17, 15) is 14.4 Å². The SMILES string of the molecule is CCn1nccc1C(=O)N[C@H](c1cn2nc(CC3(C(=O)OC)C(=O)NCC4CC43)ccc2n1)C1CCC(C)CC1. The Morgan fingerprint density at radius 1 is 1.23 bits per heavy atom. The Morgan fingerprint density at radius 3 is 2.77 bits per heavy atom. The molecule has 4 heterocycles. The van der Waals surface area contributed by atoms with Crippen LogP contribution in [0.1, 0.15) is 73.9 Å². The summed E-state index contributed by atoms with van der Waals surface area (Å²) in [6, 6.07) is 5.14. The van der Waals surface area contributed by atoms with E-state index in [2.05, 4.69) is 22.7 Å². The normalized spacial score (nSPS) is 28.4. The zero-order valence-electron chi connectivity index (χ0n) is 23.3. The summed E-state index contributed by atoms with van der Waals surface area (Å²) in [4.78, 5) is 44.2. The van der Waals surface area contributed by atoms with Crippen LogP contribution in [0, 0.1) is 29.1 Å². The van der Waals surface area contributed by atoms with Crippen LogP contribution < -0.4 is 10.6 Å². The van der Waals surface area contributed by atoms with E-state index in [0.717, 1.165) is 37.8 Å². The summed E-state index contributed by atoms with van der Waals surface area (Å²) in [5, 5.41) is 15.2. The van der Waals surface area contributed by atoms with E-state index >= 15 is 0 Å². The van der Waals surface area contributed by atoms with Crippen LogP contribution in [0.2, 0.25) is 0 Å². The number of carbonyl (C=O) groups excluding carboxylic acids is 3. The highest BCUT2D eigenvalue weighted by atomic mass is 16.5. The Kier molecular flexibility index (Phi) is 6.83. The molecule has 0 radical (unpaired) electrons. The predicted molar refractivity (Wildman–Crippen MR) is 145 cm³/mol. The summed E-state index contributed by atoms with van der Waals surface area (Å²) in [5.74, 6) is 0.225. The molecule has 0 spiro atoms. The number of ether oxygens (including phenoxy) is 1. The molecular weight excluding hydrogens is 510 g/mol. The molecule has 1 saturated heterocycles. The number of amides is 2. The van der Waals surface area contributed by atoms with Crippen molar-refractivity contribution in [2.45, 2.75) is 65.0 Å². The number of hydrogen-bond acceptors (Lipinski definition) is 7. The topological polar surface area (TPSA) is 133 Å². The third-order valence-electron chi connectivity index (χ3n) is 9.27. The van der Waals surface area contributed by atoms with Crippen LogP contribution in [-0.2, 0) is 27.3 Å². The van der Waals surface area contributed by atoms with Crippen molar-refractivity contribution in [2.24, 2.45) is 29.1 Å². The van der Waals surface area contributed by atoms with Crippen molar-refractivity contribution in [2.75, 3.05) is 13.7 Å². The lowest BCUT2D eigenvalue weighted by Crippen LogP contribution is -2.54. The van der Waals surface area contributed by atoms with Gasteiger partial charge in [0.1, 0.15) is 5.69 Å². The first-order valence-corrected chi connectivity index (χ1v) is 14.4. The van der Waals surface area contributed by atoms with Crippen molar-refractivity contribution in [3.8, 4) is 0 Å². The maximum Gasteiger partial charge on any atom is 0.322 e. The molecule has 2 N–H and O–H groups in total. The molecule has 4 atom stereocenters. The second-order valence-electron chi connectivity index (χ2n) is 11.7. The highest BCUT2D eigenvalue weighted by Gasteiger charge is 2.64. The minimum absolute atomic E-state index is 0.0330. The molecule has 3 unspecified atom stereocenters. The summed E-state index contributed by atoms with van der Waals surface area (Å²) in [7, 11) is 1.33. The fourth-order valence-electron chi connectivity index (χ4n) is 6.85. The van der Waals surface area contributed by atoms with E-state index in [-0.39, 0.29) is 36.1 Å². The zero-order valence-corrected chi connectivity index (χ0v) is 23.3. The zero-order chi connectivity index (χ0) is 28.0. The smallest absolute Gasteiger partial charge is 0.322 e. The number of nitrogens with one attached hydrogen (secondary N) is 2. The highest BCUT2D eigenvalue weighted by molar-refractivity contribution is 6.04. The van der Waals surface area contributed by atoms with Crippen molar-refractivity contribution in [1.29, 1.82) is 0 Å². The Bertz CT molecular complexity index is 1430. The average molecular weight is 548 g/mol. The summed E-state index contributed by atoms with van der Waals surface area (Å²) >= 11 is 0. The first-order valence-electron chi connectivity index (χ1n) is 14.4. The van der Waals surface area contributed by atoms with Crippen molar-refractivity contribution in [1.82, 2.24) is 35.0 Å². The molecule has 3 aromatic heterocycles. The van der Waals surface area contributed by atoms with Gasteiger partial charge in [0.05, 0.1) is 30.7 Å². The minimum atomic E-state index is -1.26. The molecule has 2 aliphatic carbocycles. The van der Waals surface area contributed by atoms with Crippen molar-refractivity contribution >= 4 is 23.4 Å². The van der Waals surface area contributed by atoms with Crippen LogP contribution in [0.3, 0.4) is 0 Å². The van der Waals surface area contributed by atoms with Gasteiger partial charge < -0.3 is 15.4 Å². The lowest BCUT2D eigenvalue weighted by Gasteiger charge is -2.33. The van der Waals surface area contributed by atoms with E-state index in [1.54, 1.807) is 21.5 Å². The molecule has 3 fully saturated rings. The van der Waals surface area contributed by atoms with Gasteiger partial charge in [0.2, 0.25) is 5.91 Å². The van der Waals surface area contributed by atoms with Crippen LogP contribution in [0.15, 0.2) is 30.6 Å². The third kappa shape index (κ3) is 4.54. The fraction of sp³-hybridized carbons (Fsp3) is 0.586.